The first-order valence-electron chi connectivity index (χ1n) is 8.03. The Morgan fingerprint density at radius 1 is 1.19 bits per heavy atom. The van der Waals surface area contributed by atoms with Crippen molar-refractivity contribution in [2.24, 2.45) is 0 Å². The molecule has 0 spiro atoms. The van der Waals surface area contributed by atoms with Gasteiger partial charge in [-0.2, -0.15) is 5.10 Å². The van der Waals surface area contributed by atoms with Crippen molar-refractivity contribution in [2.75, 3.05) is 12.4 Å². The molecule has 1 radical (unpaired) electrons. The van der Waals surface area contributed by atoms with E-state index in [-0.39, 0.29) is 0 Å². The number of benzene rings is 1. The highest BCUT2D eigenvalue weighted by Gasteiger charge is 2.12. The average molecular weight is 378 g/mol. The number of nitrogens with one attached hydrogen (secondary N) is 1. The van der Waals surface area contributed by atoms with Crippen molar-refractivity contribution < 1.29 is 4.74 Å². The molecule has 1 N–H and O–H groups in total. The van der Waals surface area contributed by atoms with E-state index in [4.69, 9.17) is 16.3 Å². The first-order chi connectivity index (χ1) is 13.2. The summed E-state index contributed by atoms with van der Waals surface area (Å²) in [6.45, 7) is 0. The normalized spacial score (nSPS) is 10.6. The largest absolute Gasteiger partial charge is 0.495 e. The van der Waals surface area contributed by atoms with Gasteiger partial charge in [-0.05, 0) is 30.3 Å². The van der Waals surface area contributed by atoms with Gasteiger partial charge in [0.2, 0.25) is 5.95 Å². The second-order valence-corrected chi connectivity index (χ2v) is 5.93. The van der Waals surface area contributed by atoms with Gasteiger partial charge in [-0.3, -0.25) is 4.98 Å². The molecule has 7 nitrogen and oxygen atoms in total. The first-order valence-corrected chi connectivity index (χ1v) is 8.41. The number of anilines is 2. The third kappa shape index (κ3) is 3.58. The Balaban J connectivity index is 1.66. The maximum absolute atomic E-state index is 6.32. The summed E-state index contributed by atoms with van der Waals surface area (Å²) in [6.07, 6.45) is 8.53. The number of aromatic nitrogens is 5. The molecule has 8 heteroatoms. The molecule has 0 saturated carbocycles. The van der Waals surface area contributed by atoms with Crippen LogP contribution in [-0.4, -0.2) is 31.8 Å². The second kappa shape index (κ2) is 7.43. The van der Waals surface area contributed by atoms with E-state index in [1.54, 1.807) is 48.7 Å². The summed E-state index contributed by atoms with van der Waals surface area (Å²) in [7, 11) is 1.59. The van der Waals surface area contributed by atoms with E-state index < -0.39 is 0 Å². The van der Waals surface area contributed by atoms with Gasteiger partial charge in [0, 0.05) is 24.2 Å². The molecule has 3 aromatic heterocycles. The molecule has 1 aromatic carbocycles. The van der Waals surface area contributed by atoms with Crippen LogP contribution in [0.3, 0.4) is 0 Å². The summed E-state index contributed by atoms with van der Waals surface area (Å²) in [5, 5.41) is 7.94. The predicted molar refractivity (Wildman–Crippen MR) is 103 cm³/mol. The summed E-state index contributed by atoms with van der Waals surface area (Å²) in [5.41, 5.74) is 2.98. The van der Waals surface area contributed by atoms with Crippen LogP contribution in [0.4, 0.5) is 11.6 Å². The van der Waals surface area contributed by atoms with E-state index in [0.717, 1.165) is 16.9 Å². The van der Waals surface area contributed by atoms with E-state index in [2.05, 4.69) is 31.4 Å². The van der Waals surface area contributed by atoms with Crippen LogP contribution in [0.25, 0.3) is 16.9 Å². The fraction of sp³-hybridized carbons (Fsp3) is 0.0526. The van der Waals surface area contributed by atoms with Crippen LogP contribution in [0.5, 0.6) is 5.75 Å². The number of nitrogens with zero attached hydrogens (tertiary/aromatic N) is 5. The molecule has 0 aliphatic carbocycles. The Labute approximate surface area is 160 Å². The summed E-state index contributed by atoms with van der Waals surface area (Å²) < 4.78 is 7.05. The van der Waals surface area contributed by atoms with E-state index in [1.807, 2.05) is 24.4 Å². The number of hydrogen-bond acceptors (Lipinski definition) is 6. The lowest BCUT2D eigenvalue weighted by atomic mass is 10.2. The molecule has 0 atom stereocenters. The van der Waals surface area contributed by atoms with Crippen LogP contribution < -0.4 is 10.1 Å². The van der Waals surface area contributed by atoms with Crippen molar-refractivity contribution in [3.63, 3.8) is 0 Å². The standard InChI is InChI=1S/C19H14ClN6O/c1-27-17-5-3-2-4-16(17)24-19-22-11-15(20)18(25-19)13-10-23-26(12-13)14-6-8-21-9-7-14/h2,4-12H,1H3,(H,22,24,25). The molecule has 0 bridgehead atoms. The van der Waals surface area contributed by atoms with Gasteiger partial charge in [-0.15, -0.1) is 0 Å². The molecule has 0 aliphatic heterocycles. The molecule has 4 aromatic rings. The molecule has 3 heterocycles. The fourth-order valence-corrected chi connectivity index (χ4v) is 2.72. The lowest BCUT2D eigenvalue weighted by molar-refractivity contribution is 0.416. The Morgan fingerprint density at radius 2 is 2.04 bits per heavy atom. The number of halogens is 1. The molecular weight excluding hydrogens is 364 g/mol. The van der Waals surface area contributed by atoms with Crippen molar-refractivity contribution in [3.8, 4) is 22.7 Å². The lowest BCUT2D eigenvalue weighted by Gasteiger charge is -2.10. The predicted octanol–water partition coefficient (Wildman–Crippen LogP) is 3.93. The first kappa shape index (κ1) is 17.0. The van der Waals surface area contributed by atoms with Crippen LogP contribution in [0.2, 0.25) is 5.02 Å². The van der Waals surface area contributed by atoms with Gasteiger partial charge < -0.3 is 10.1 Å². The quantitative estimate of drug-likeness (QED) is 0.567. The third-order valence-electron chi connectivity index (χ3n) is 3.82. The minimum absolute atomic E-state index is 0.399. The van der Waals surface area contributed by atoms with Crippen LogP contribution in [-0.2, 0) is 0 Å². The smallest absolute Gasteiger partial charge is 0.227 e. The monoisotopic (exact) mass is 377 g/mol. The maximum atomic E-state index is 6.32. The van der Waals surface area contributed by atoms with Gasteiger partial charge in [-0.1, -0.05) is 17.7 Å². The van der Waals surface area contributed by atoms with Crippen molar-refractivity contribution >= 4 is 23.2 Å². The highest BCUT2D eigenvalue weighted by Crippen LogP contribution is 2.29. The third-order valence-corrected chi connectivity index (χ3v) is 4.10. The highest BCUT2D eigenvalue weighted by atomic mass is 35.5. The number of hydrogen-bond donors (Lipinski definition) is 1. The van der Waals surface area contributed by atoms with E-state index >= 15 is 0 Å². The van der Waals surface area contributed by atoms with Crippen molar-refractivity contribution in [1.82, 2.24) is 24.7 Å². The second-order valence-electron chi connectivity index (χ2n) is 5.52. The number of pyridine rings is 1. The van der Waals surface area contributed by atoms with Gasteiger partial charge in [0.05, 0.1) is 41.6 Å². The number of methoxy groups -OCH3 is 1. The van der Waals surface area contributed by atoms with Crippen molar-refractivity contribution in [3.05, 3.63) is 72.4 Å². The van der Waals surface area contributed by atoms with E-state index in [9.17, 15) is 0 Å². The summed E-state index contributed by atoms with van der Waals surface area (Å²) >= 11 is 6.32. The van der Waals surface area contributed by atoms with Crippen LogP contribution >= 0.6 is 11.6 Å². The Kier molecular flexibility index (Phi) is 4.67. The number of ether oxygens (including phenoxy) is 1. The molecule has 0 saturated heterocycles. The highest BCUT2D eigenvalue weighted by molar-refractivity contribution is 6.32. The zero-order valence-electron chi connectivity index (χ0n) is 14.3. The van der Waals surface area contributed by atoms with E-state index in [0.29, 0.717) is 22.4 Å². The number of rotatable bonds is 5. The summed E-state index contributed by atoms with van der Waals surface area (Å²) in [6, 6.07) is 12.0. The Morgan fingerprint density at radius 3 is 2.85 bits per heavy atom. The van der Waals surface area contributed by atoms with Crippen LogP contribution in [0.1, 0.15) is 0 Å². The minimum Gasteiger partial charge on any atom is -0.495 e. The summed E-state index contributed by atoms with van der Waals surface area (Å²) in [4.78, 5) is 12.8. The van der Waals surface area contributed by atoms with Gasteiger partial charge >= 0.3 is 0 Å². The summed E-state index contributed by atoms with van der Waals surface area (Å²) in [5.74, 6) is 1.04. The SMILES string of the molecule is COc1c[c]ccc1Nc1ncc(Cl)c(-c2cnn(-c3ccncc3)c2)n1. The Hall–Kier alpha value is -3.45. The minimum atomic E-state index is 0.399. The maximum Gasteiger partial charge on any atom is 0.227 e. The molecule has 4 rings (SSSR count). The molecule has 0 unspecified atom stereocenters. The van der Waals surface area contributed by atoms with Gasteiger partial charge in [-0.25, -0.2) is 14.6 Å². The van der Waals surface area contributed by atoms with Crippen molar-refractivity contribution in [1.29, 1.82) is 0 Å². The molecule has 0 amide bonds. The van der Waals surface area contributed by atoms with Crippen molar-refractivity contribution in [2.45, 2.75) is 0 Å². The van der Waals surface area contributed by atoms with Gasteiger partial charge in [0.15, 0.2) is 0 Å². The lowest BCUT2D eigenvalue weighted by Crippen LogP contribution is -2.00. The molecule has 0 aliphatic rings. The molecular formula is C19H14ClN6O. The molecule has 27 heavy (non-hydrogen) atoms. The average Bonchev–Trinajstić information content (AvgIpc) is 3.20. The molecule has 0 fully saturated rings. The van der Waals surface area contributed by atoms with Gasteiger partial charge in [0.1, 0.15) is 5.75 Å². The zero-order valence-corrected chi connectivity index (χ0v) is 15.1. The fourth-order valence-electron chi connectivity index (χ4n) is 2.52. The van der Waals surface area contributed by atoms with Crippen LogP contribution in [0, 0.1) is 6.07 Å². The topological polar surface area (TPSA) is 77.8 Å². The zero-order chi connectivity index (χ0) is 18.6. The Bertz CT molecular complexity index is 1070. The van der Waals surface area contributed by atoms with E-state index in [1.165, 1.54) is 0 Å². The van der Waals surface area contributed by atoms with Crippen LogP contribution in [0.15, 0.2) is 61.3 Å². The van der Waals surface area contributed by atoms with Gasteiger partial charge in [0.25, 0.3) is 0 Å². The molecule has 133 valence electrons.